The van der Waals surface area contributed by atoms with Gasteiger partial charge in [-0.3, -0.25) is 9.36 Å². The zero-order chi connectivity index (χ0) is 22.5. The summed E-state index contributed by atoms with van der Waals surface area (Å²) in [6.45, 7) is 2.94. The van der Waals surface area contributed by atoms with E-state index in [1.165, 1.54) is 22.3 Å². The molecule has 0 aliphatic heterocycles. The van der Waals surface area contributed by atoms with E-state index in [-0.39, 0.29) is 16.5 Å². The highest BCUT2D eigenvalue weighted by molar-refractivity contribution is 7.17. The number of rotatable bonds is 9. The quantitative estimate of drug-likeness (QED) is 0.373. The van der Waals surface area contributed by atoms with Crippen molar-refractivity contribution in [2.45, 2.75) is 32.7 Å². The van der Waals surface area contributed by atoms with Crippen LogP contribution in [-0.2, 0) is 19.4 Å². The molecular formula is C25H24N2O4S. The molecule has 2 aromatic carbocycles. The maximum absolute atomic E-state index is 13.3. The average molecular weight is 449 g/mol. The number of carbonyl (C=O) groups is 1. The predicted octanol–water partition coefficient (Wildman–Crippen LogP) is 4.78. The molecule has 2 aromatic heterocycles. The molecule has 4 rings (SSSR count). The smallest absolute Gasteiger partial charge is 0.337 e. The van der Waals surface area contributed by atoms with Crippen LogP contribution in [0.2, 0.25) is 0 Å². The van der Waals surface area contributed by atoms with Crippen LogP contribution in [0, 0.1) is 0 Å². The molecule has 7 heteroatoms. The van der Waals surface area contributed by atoms with Gasteiger partial charge in [0.15, 0.2) is 0 Å². The summed E-state index contributed by atoms with van der Waals surface area (Å²) < 4.78 is 7.43. The van der Waals surface area contributed by atoms with Crippen molar-refractivity contribution in [3.05, 3.63) is 92.8 Å². The van der Waals surface area contributed by atoms with Crippen molar-refractivity contribution in [1.29, 1.82) is 0 Å². The fourth-order valence-electron chi connectivity index (χ4n) is 3.60. The van der Waals surface area contributed by atoms with Gasteiger partial charge in [-0.25, -0.2) is 9.78 Å². The van der Waals surface area contributed by atoms with E-state index >= 15 is 0 Å². The number of hydrogen-bond acceptors (Lipinski definition) is 5. The van der Waals surface area contributed by atoms with Crippen LogP contribution in [0.1, 0.15) is 40.7 Å². The van der Waals surface area contributed by atoms with Gasteiger partial charge in [0.05, 0.1) is 17.6 Å². The minimum Gasteiger partial charge on any atom is -0.494 e. The van der Waals surface area contributed by atoms with E-state index in [1.807, 2.05) is 54.6 Å². The van der Waals surface area contributed by atoms with Gasteiger partial charge in [-0.1, -0.05) is 49.4 Å². The van der Waals surface area contributed by atoms with Gasteiger partial charge in [-0.05, 0) is 36.1 Å². The first-order valence-electron chi connectivity index (χ1n) is 10.6. The standard InChI is InChI=1S/C25H24N2O4S/c1-2-17-9-11-19(12-10-17)31-14-6-13-27-21(15-18-7-4-3-5-8-18)26-23-22(24(27)28)20(16-32-23)25(29)30/h3-5,7-12,16H,2,6,13-15H2,1H3,(H,29,30). The Morgan fingerprint density at radius 1 is 1.09 bits per heavy atom. The Hall–Kier alpha value is -3.45. The van der Waals surface area contributed by atoms with Crippen molar-refractivity contribution < 1.29 is 14.6 Å². The fraction of sp³-hybridized carbons (Fsp3) is 0.240. The highest BCUT2D eigenvalue weighted by Crippen LogP contribution is 2.23. The van der Waals surface area contributed by atoms with Crippen LogP contribution >= 0.6 is 11.3 Å². The van der Waals surface area contributed by atoms with Gasteiger partial charge in [0.25, 0.3) is 5.56 Å². The lowest BCUT2D eigenvalue weighted by atomic mass is 10.1. The number of nitrogens with zero attached hydrogens (tertiary/aromatic N) is 2. The summed E-state index contributed by atoms with van der Waals surface area (Å²) in [6, 6.07) is 17.8. The number of aromatic nitrogens is 2. The van der Waals surface area contributed by atoms with Crippen molar-refractivity contribution in [2.24, 2.45) is 0 Å². The third-order valence-corrected chi connectivity index (χ3v) is 6.21. The fourth-order valence-corrected chi connectivity index (χ4v) is 4.52. The number of aryl methyl sites for hydroxylation is 1. The molecule has 0 aliphatic carbocycles. The lowest BCUT2D eigenvalue weighted by Crippen LogP contribution is -2.27. The summed E-state index contributed by atoms with van der Waals surface area (Å²) in [6.07, 6.45) is 2.06. The molecule has 0 spiro atoms. The molecule has 0 saturated heterocycles. The van der Waals surface area contributed by atoms with Crippen molar-refractivity contribution in [2.75, 3.05) is 6.61 Å². The van der Waals surface area contributed by atoms with E-state index in [0.717, 1.165) is 17.7 Å². The Bertz CT molecular complexity index is 1280. The second-order valence-electron chi connectivity index (χ2n) is 7.48. The Kier molecular flexibility index (Phi) is 6.66. The van der Waals surface area contributed by atoms with Crippen molar-refractivity contribution >= 4 is 27.5 Å². The van der Waals surface area contributed by atoms with Crippen LogP contribution in [0.15, 0.2) is 64.8 Å². The molecule has 1 N–H and O–H groups in total. The van der Waals surface area contributed by atoms with Gasteiger partial charge >= 0.3 is 5.97 Å². The van der Waals surface area contributed by atoms with Crippen LogP contribution in [0.3, 0.4) is 0 Å². The van der Waals surface area contributed by atoms with E-state index in [4.69, 9.17) is 4.74 Å². The van der Waals surface area contributed by atoms with Crippen molar-refractivity contribution in [3.63, 3.8) is 0 Å². The highest BCUT2D eigenvalue weighted by Gasteiger charge is 2.19. The maximum atomic E-state index is 13.3. The number of carboxylic acids is 1. The lowest BCUT2D eigenvalue weighted by Gasteiger charge is -2.13. The van der Waals surface area contributed by atoms with Crippen molar-refractivity contribution in [3.8, 4) is 5.75 Å². The molecule has 0 fully saturated rings. The molecule has 0 unspecified atom stereocenters. The van der Waals surface area contributed by atoms with E-state index < -0.39 is 5.97 Å². The first-order valence-corrected chi connectivity index (χ1v) is 11.4. The first kappa shape index (κ1) is 21.8. The number of aromatic carboxylic acids is 1. The number of ether oxygens (including phenoxy) is 1. The molecule has 164 valence electrons. The molecule has 6 nitrogen and oxygen atoms in total. The molecule has 0 radical (unpaired) electrons. The third kappa shape index (κ3) is 4.73. The summed E-state index contributed by atoms with van der Waals surface area (Å²) in [5.74, 6) is 0.301. The maximum Gasteiger partial charge on any atom is 0.337 e. The van der Waals surface area contributed by atoms with Crippen molar-refractivity contribution in [1.82, 2.24) is 9.55 Å². The van der Waals surface area contributed by atoms with Crippen LogP contribution < -0.4 is 10.3 Å². The Morgan fingerprint density at radius 2 is 1.84 bits per heavy atom. The predicted molar refractivity (Wildman–Crippen MR) is 126 cm³/mol. The Morgan fingerprint density at radius 3 is 2.53 bits per heavy atom. The van der Waals surface area contributed by atoms with Gasteiger partial charge in [0.2, 0.25) is 0 Å². The van der Waals surface area contributed by atoms with Gasteiger partial charge in [-0.15, -0.1) is 11.3 Å². The molecule has 0 amide bonds. The van der Waals surface area contributed by atoms with Crippen LogP contribution in [-0.4, -0.2) is 27.2 Å². The molecule has 0 bridgehead atoms. The molecule has 0 aliphatic rings. The topological polar surface area (TPSA) is 81.4 Å². The number of thiophene rings is 1. The normalized spacial score (nSPS) is 11.0. The average Bonchev–Trinajstić information content (AvgIpc) is 3.24. The SMILES string of the molecule is CCc1ccc(OCCCn2c(Cc3ccccc3)nc3scc(C(=O)O)c3c2=O)cc1. The second kappa shape index (κ2) is 9.78. The summed E-state index contributed by atoms with van der Waals surface area (Å²) in [5.41, 5.74) is 1.98. The number of fused-ring (bicyclic) bond motifs is 1. The second-order valence-corrected chi connectivity index (χ2v) is 8.34. The monoisotopic (exact) mass is 448 g/mol. The lowest BCUT2D eigenvalue weighted by molar-refractivity contribution is 0.0699. The Balaban J connectivity index is 1.58. The molecule has 0 saturated carbocycles. The van der Waals surface area contributed by atoms with Crippen LogP contribution in [0.4, 0.5) is 0 Å². The van der Waals surface area contributed by atoms with Gasteiger partial charge in [-0.2, -0.15) is 0 Å². The van der Waals surface area contributed by atoms with Gasteiger partial charge in [0, 0.05) is 18.3 Å². The van der Waals surface area contributed by atoms with E-state index in [0.29, 0.717) is 36.6 Å². The largest absolute Gasteiger partial charge is 0.494 e. The summed E-state index contributed by atoms with van der Waals surface area (Å²) in [7, 11) is 0. The summed E-state index contributed by atoms with van der Waals surface area (Å²) >= 11 is 1.19. The van der Waals surface area contributed by atoms with Gasteiger partial charge < -0.3 is 9.84 Å². The Labute approximate surface area is 189 Å². The molecular weight excluding hydrogens is 424 g/mol. The van der Waals surface area contributed by atoms with E-state index in [2.05, 4.69) is 11.9 Å². The minimum atomic E-state index is -1.11. The summed E-state index contributed by atoms with van der Waals surface area (Å²) in [5, 5.41) is 11.1. The van der Waals surface area contributed by atoms with Crippen LogP contribution in [0.25, 0.3) is 10.2 Å². The van der Waals surface area contributed by atoms with Crippen LogP contribution in [0.5, 0.6) is 5.75 Å². The molecule has 32 heavy (non-hydrogen) atoms. The van der Waals surface area contributed by atoms with E-state index in [1.54, 1.807) is 4.57 Å². The number of hydrogen-bond donors (Lipinski definition) is 1. The molecule has 2 heterocycles. The summed E-state index contributed by atoms with van der Waals surface area (Å²) in [4.78, 5) is 30.0. The van der Waals surface area contributed by atoms with Gasteiger partial charge in [0.1, 0.15) is 16.4 Å². The third-order valence-electron chi connectivity index (χ3n) is 5.33. The highest BCUT2D eigenvalue weighted by atomic mass is 32.1. The first-order chi connectivity index (χ1) is 15.6. The van der Waals surface area contributed by atoms with E-state index in [9.17, 15) is 14.7 Å². The minimum absolute atomic E-state index is 0.00905. The zero-order valence-electron chi connectivity index (χ0n) is 17.8. The number of benzene rings is 2. The molecule has 0 atom stereocenters. The number of carboxylic acid groups (broad SMARTS) is 1. The molecule has 4 aromatic rings. The zero-order valence-corrected chi connectivity index (χ0v) is 18.6.